The van der Waals surface area contributed by atoms with E-state index in [-0.39, 0.29) is 24.5 Å². The molecule has 10 heteroatoms. The summed E-state index contributed by atoms with van der Waals surface area (Å²) in [6, 6.07) is 21.4. The van der Waals surface area contributed by atoms with Gasteiger partial charge in [0.05, 0.1) is 11.6 Å². The summed E-state index contributed by atoms with van der Waals surface area (Å²) in [5.74, 6) is -1.57. The third-order valence-corrected chi connectivity index (χ3v) is 8.65. The van der Waals surface area contributed by atoms with Gasteiger partial charge in [0.2, 0.25) is 0 Å². The van der Waals surface area contributed by atoms with Crippen LogP contribution < -0.4 is 9.44 Å². The van der Waals surface area contributed by atoms with Crippen molar-refractivity contribution < 1.29 is 32.2 Å². The lowest BCUT2D eigenvalue weighted by Crippen LogP contribution is -2.54. The molecule has 3 atom stereocenters. The van der Waals surface area contributed by atoms with Crippen molar-refractivity contribution in [2.75, 3.05) is 20.3 Å². The number of fused-ring (bicyclic) bond motifs is 3. The lowest BCUT2D eigenvalue weighted by Gasteiger charge is -2.35. The number of carbonyl (C=O) groups excluding carboxylic acids is 1. The molecule has 200 valence electrons. The summed E-state index contributed by atoms with van der Waals surface area (Å²) in [7, 11) is -3.06. The van der Waals surface area contributed by atoms with Crippen LogP contribution in [0.2, 0.25) is 0 Å². The van der Waals surface area contributed by atoms with Gasteiger partial charge >= 0.3 is 16.3 Å². The molecule has 1 amide bonds. The quantitative estimate of drug-likeness (QED) is 0.401. The normalized spacial score (nSPS) is 22.6. The zero-order valence-electron chi connectivity index (χ0n) is 20.8. The van der Waals surface area contributed by atoms with Crippen LogP contribution in [0, 0.1) is 11.7 Å². The van der Waals surface area contributed by atoms with Gasteiger partial charge in [-0.3, -0.25) is 0 Å². The first-order valence-corrected chi connectivity index (χ1v) is 13.8. The van der Waals surface area contributed by atoms with Crippen molar-refractivity contribution in [3.63, 3.8) is 0 Å². The molecule has 0 aliphatic heterocycles. The van der Waals surface area contributed by atoms with Crippen LogP contribution in [-0.4, -0.2) is 46.0 Å². The number of aliphatic hydroxyl groups is 1. The first kappa shape index (κ1) is 26.3. The van der Waals surface area contributed by atoms with Crippen molar-refractivity contribution in [1.82, 2.24) is 9.44 Å². The van der Waals surface area contributed by atoms with Crippen LogP contribution in [0.3, 0.4) is 0 Å². The fourth-order valence-electron chi connectivity index (χ4n) is 5.87. The van der Waals surface area contributed by atoms with Gasteiger partial charge in [-0.2, -0.15) is 13.1 Å². The van der Waals surface area contributed by atoms with Crippen molar-refractivity contribution >= 4 is 16.3 Å². The number of hydrogen-bond donors (Lipinski definition) is 3. The van der Waals surface area contributed by atoms with E-state index in [1.165, 1.54) is 25.3 Å². The average molecular weight is 541 g/mol. The molecule has 3 aromatic carbocycles. The van der Waals surface area contributed by atoms with E-state index >= 15 is 0 Å². The second kappa shape index (κ2) is 10.5. The van der Waals surface area contributed by atoms with Crippen LogP contribution in [0.25, 0.3) is 11.1 Å². The number of amides is 1. The van der Waals surface area contributed by atoms with E-state index in [9.17, 15) is 22.7 Å². The van der Waals surface area contributed by atoms with Crippen molar-refractivity contribution in [1.29, 1.82) is 0 Å². The molecule has 0 unspecified atom stereocenters. The first-order valence-electron chi connectivity index (χ1n) is 12.3. The molecular formula is C28H29FN2O6S. The highest BCUT2D eigenvalue weighted by Gasteiger charge is 2.52. The topological polar surface area (TPSA) is 114 Å². The van der Waals surface area contributed by atoms with Gasteiger partial charge in [0.25, 0.3) is 0 Å². The molecule has 0 spiro atoms. The number of benzene rings is 3. The Bertz CT molecular complexity index is 1400. The predicted octanol–water partition coefficient (Wildman–Crippen LogP) is 3.81. The van der Waals surface area contributed by atoms with Crippen LogP contribution in [-0.2, 0) is 25.2 Å². The highest BCUT2D eigenvalue weighted by molar-refractivity contribution is 7.88. The second-order valence-electron chi connectivity index (χ2n) is 9.66. The molecule has 1 saturated carbocycles. The Morgan fingerprint density at radius 1 is 1.03 bits per heavy atom. The lowest BCUT2D eigenvalue weighted by molar-refractivity contribution is 0.0993. The lowest BCUT2D eigenvalue weighted by atomic mass is 9.81. The van der Waals surface area contributed by atoms with Crippen LogP contribution in [0.5, 0.6) is 0 Å². The number of ether oxygens (including phenoxy) is 2. The zero-order valence-corrected chi connectivity index (χ0v) is 21.6. The van der Waals surface area contributed by atoms with Crippen molar-refractivity contribution in [2.45, 2.75) is 30.4 Å². The zero-order chi connectivity index (χ0) is 26.9. The number of rotatable bonds is 8. The standard InChI is InChI=1S/C28H29FN2O6S/c1-36-19-14-18(16-32)28(15-19,25-12-6-7-13-26(25)29)31-38(34,35)30-27(33)37-17-24-22-10-4-2-8-20(22)21-9-3-5-11-23(21)24/h2-13,18-19,24,31-32H,14-17H2,1H3,(H,30,33)/t18-,19-,28-/m0/s1. The minimum absolute atomic E-state index is 0.0662. The largest absolute Gasteiger partial charge is 0.448 e. The van der Waals surface area contributed by atoms with Gasteiger partial charge in [0, 0.05) is 31.1 Å². The van der Waals surface area contributed by atoms with Crippen LogP contribution in [0.1, 0.15) is 35.4 Å². The van der Waals surface area contributed by atoms with E-state index in [0.29, 0.717) is 6.42 Å². The fraction of sp³-hybridized carbons (Fsp3) is 0.321. The Kier molecular flexibility index (Phi) is 7.23. The minimum atomic E-state index is -4.54. The molecule has 38 heavy (non-hydrogen) atoms. The maximum Gasteiger partial charge on any atom is 0.421 e. The number of nitrogens with one attached hydrogen (secondary N) is 2. The highest BCUT2D eigenvalue weighted by Crippen LogP contribution is 2.46. The minimum Gasteiger partial charge on any atom is -0.448 e. The fourth-order valence-corrected chi connectivity index (χ4v) is 7.04. The van der Waals surface area contributed by atoms with Gasteiger partial charge in [0.15, 0.2) is 0 Å². The van der Waals surface area contributed by atoms with E-state index in [1.54, 1.807) is 6.07 Å². The van der Waals surface area contributed by atoms with Crippen LogP contribution in [0.15, 0.2) is 72.8 Å². The summed E-state index contributed by atoms with van der Waals surface area (Å²) < 4.78 is 56.4. The molecule has 3 N–H and O–H groups in total. The third kappa shape index (κ3) is 4.80. The van der Waals surface area contributed by atoms with Gasteiger partial charge < -0.3 is 14.6 Å². The Morgan fingerprint density at radius 2 is 1.63 bits per heavy atom. The van der Waals surface area contributed by atoms with Crippen molar-refractivity contribution in [3.05, 3.63) is 95.3 Å². The molecule has 2 aliphatic rings. The molecule has 1 fully saturated rings. The molecule has 5 rings (SSSR count). The molecule has 0 heterocycles. The van der Waals surface area contributed by atoms with Gasteiger partial charge in [-0.1, -0.05) is 66.7 Å². The van der Waals surface area contributed by atoms with E-state index in [1.807, 2.05) is 53.3 Å². The van der Waals surface area contributed by atoms with E-state index in [0.717, 1.165) is 22.3 Å². The summed E-state index contributed by atoms with van der Waals surface area (Å²) in [6.07, 6.45) is -1.22. The Labute approximate surface area is 221 Å². The van der Waals surface area contributed by atoms with E-state index < -0.39 is 46.3 Å². The Balaban J connectivity index is 1.34. The number of carbonyl (C=O) groups is 1. The molecule has 8 nitrogen and oxygen atoms in total. The summed E-state index contributed by atoms with van der Waals surface area (Å²) in [5, 5.41) is 10.1. The number of halogens is 1. The smallest absolute Gasteiger partial charge is 0.421 e. The monoisotopic (exact) mass is 540 g/mol. The molecule has 0 bridgehead atoms. The summed E-state index contributed by atoms with van der Waals surface area (Å²) in [6.45, 7) is -0.486. The van der Waals surface area contributed by atoms with Crippen molar-refractivity contribution in [2.24, 2.45) is 5.92 Å². The second-order valence-corrected chi connectivity index (χ2v) is 11.1. The summed E-state index contributed by atoms with van der Waals surface area (Å²) in [5.41, 5.74) is 2.60. The third-order valence-electron chi connectivity index (χ3n) is 7.58. The van der Waals surface area contributed by atoms with Crippen LogP contribution >= 0.6 is 0 Å². The molecular weight excluding hydrogens is 511 g/mol. The summed E-state index contributed by atoms with van der Waals surface area (Å²) >= 11 is 0. The Morgan fingerprint density at radius 3 is 2.24 bits per heavy atom. The first-order chi connectivity index (χ1) is 18.3. The predicted molar refractivity (Wildman–Crippen MR) is 139 cm³/mol. The molecule has 3 aromatic rings. The molecule has 0 saturated heterocycles. The molecule has 0 aromatic heterocycles. The maximum absolute atomic E-state index is 14.9. The SMILES string of the molecule is CO[C@H]1C[C@@H](CO)[C@](NS(=O)(=O)NC(=O)OCC2c3ccccc3-c3ccccc32)(c2ccccc2F)C1. The number of aliphatic hydroxyl groups excluding tert-OH is 1. The molecule has 0 radical (unpaired) electrons. The van der Waals surface area contributed by atoms with Gasteiger partial charge in [-0.15, -0.1) is 0 Å². The number of hydrogen-bond acceptors (Lipinski definition) is 6. The van der Waals surface area contributed by atoms with Crippen LogP contribution in [0.4, 0.5) is 9.18 Å². The van der Waals surface area contributed by atoms with Gasteiger partial charge in [-0.05, 0) is 41.2 Å². The van der Waals surface area contributed by atoms with E-state index in [2.05, 4.69) is 4.72 Å². The van der Waals surface area contributed by atoms with Crippen molar-refractivity contribution in [3.8, 4) is 11.1 Å². The average Bonchev–Trinajstić information content (AvgIpc) is 3.42. The van der Waals surface area contributed by atoms with E-state index in [4.69, 9.17) is 9.47 Å². The molecule has 2 aliphatic carbocycles. The summed E-state index contributed by atoms with van der Waals surface area (Å²) in [4.78, 5) is 12.7. The maximum atomic E-state index is 14.9. The Hall–Kier alpha value is -3.31. The van der Waals surface area contributed by atoms with Gasteiger partial charge in [0.1, 0.15) is 12.4 Å². The highest BCUT2D eigenvalue weighted by atomic mass is 32.2. The van der Waals surface area contributed by atoms with Gasteiger partial charge in [-0.25, -0.2) is 13.9 Å². The number of methoxy groups -OCH3 is 1.